The van der Waals surface area contributed by atoms with Crippen LogP contribution in [0.15, 0.2) is 24.3 Å². The van der Waals surface area contributed by atoms with Gasteiger partial charge in [-0.25, -0.2) is 0 Å². The fourth-order valence-corrected chi connectivity index (χ4v) is 1.97. The van der Waals surface area contributed by atoms with Crippen LogP contribution < -0.4 is 5.32 Å². The summed E-state index contributed by atoms with van der Waals surface area (Å²) < 4.78 is 37.8. The van der Waals surface area contributed by atoms with Crippen LogP contribution >= 0.6 is 0 Å². The van der Waals surface area contributed by atoms with Crippen molar-refractivity contribution >= 4 is 0 Å². The van der Waals surface area contributed by atoms with Crippen LogP contribution in [0.1, 0.15) is 56.7 Å². The summed E-state index contributed by atoms with van der Waals surface area (Å²) in [5.41, 5.74) is 1.85. The van der Waals surface area contributed by atoms with E-state index >= 15 is 0 Å². The molecule has 0 radical (unpaired) electrons. The van der Waals surface area contributed by atoms with Gasteiger partial charge in [-0.05, 0) is 30.0 Å². The molecule has 0 aliphatic rings. The van der Waals surface area contributed by atoms with Crippen LogP contribution in [0.25, 0.3) is 0 Å². The third-order valence-electron chi connectivity index (χ3n) is 3.08. The van der Waals surface area contributed by atoms with Crippen molar-refractivity contribution in [3.05, 3.63) is 35.4 Å². The Morgan fingerprint density at radius 2 is 1.58 bits per heavy atom. The summed E-state index contributed by atoms with van der Waals surface area (Å²) in [6.45, 7) is 6.67. The van der Waals surface area contributed by atoms with Crippen molar-refractivity contribution in [2.75, 3.05) is 6.54 Å². The fourth-order valence-electron chi connectivity index (χ4n) is 1.97. The van der Waals surface area contributed by atoms with Gasteiger partial charge in [0.1, 0.15) is 0 Å². The minimum atomic E-state index is -4.15. The molecule has 0 saturated heterocycles. The zero-order chi connectivity index (χ0) is 14.5. The fraction of sp³-hybridized carbons (Fsp3) is 0.600. The van der Waals surface area contributed by atoms with Crippen molar-refractivity contribution in [1.82, 2.24) is 5.32 Å². The normalized spacial score (nSPS) is 13.8. The van der Waals surface area contributed by atoms with Gasteiger partial charge in [-0.3, -0.25) is 0 Å². The molecule has 0 aliphatic carbocycles. The Labute approximate surface area is 113 Å². The van der Waals surface area contributed by atoms with Gasteiger partial charge < -0.3 is 5.32 Å². The van der Waals surface area contributed by atoms with E-state index in [9.17, 15) is 13.2 Å². The van der Waals surface area contributed by atoms with Gasteiger partial charge in [-0.1, -0.05) is 45.0 Å². The average Bonchev–Trinajstić information content (AvgIpc) is 2.33. The topological polar surface area (TPSA) is 12.0 Å². The molecule has 108 valence electrons. The van der Waals surface area contributed by atoms with Crippen molar-refractivity contribution in [3.8, 4) is 0 Å². The van der Waals surface area contributed by atoms with Gasteiger partial charge in [-0.15, -0.1) is 0 Å². The molecule has 1 aromatic carbocycles. The summed E-state index contributed by atoms with van der Waals surface area (Å²) in [6.07, 6.45) is -4.16. The molecule has 1 N–H and O–H groups in total. The predicted molar refractivity (Wildman–Crippen MR) is 72.2 cm³/mol. The summed E-state index contributed by atoms with van der Waals surface area (Å²) in [5, 5.41) is 2.97. The molecule has 1 aromatic rings. The second-order valence-electron chi connectivity index (χ2n) is 5.15. The molecular formula is C15H22F3N. The van der Waals surface area contributed by atoms with E-state index in [0.29, 0.717) is 18.0 Å². The maximum atomic E-state index is 12.6. The van der Waals surface area contributed by atoms with Crippen molar-refractivity contribution in [2.24, 2.45) is 0 Å². The number of hydrogen-bond acceptors (Lipinski definition) is 1. The number of halogens is 3. The smallest absolute Gasteiger partial charge is 0.310 e. The van der Waals surface area contributed by atoms with Crippen LogP contribution in [-0.2, 0) is 0 Å². The number of hydrogen-bond donors (Lipinski definition) is 1. The van der Waals surface area contributed by atoms with Gasteiger partial charge >= 0.3 is 6.18 Å². The van der Waals surface area contributed by atoms with E-state index in [1.807, 2.05) is 19.1 Å². The molecule has 1 unspecified atom stereocenters. The Balaban J connectivity index is 2.84. The standard InChI is InChI=1S/C15H22F3N/c1-4-9-19-14(10-15(16,17)18)13-7-5-12(6-8-13)11(2)3/h5-8,11,14,19H,4,9-10H2,1-3H3. The molecule has 0 bridgehead atoms. The molecule has 0 spiro atoms. The Kier molecular flexibility index (Phi) is 5.85. The zero-order valence-corrected chi connectivity index (χ0v) is 11.7. The van der Waals surface area contributed by atoms with Gasteiger partial charge in [0.2, 0.25) is 0 Å². The number of rotatable bonds is 6. The Morgan fingerprint density at radius 3 is 2.00 bits per heavy atom. The van der Waals surface area contributed by atoms with Crippen LogP contribution in [0.5, 0.6) is 0 Å². The lowest BCUT2D eigenvalue weighted by Gasteiger charge is -2.21. The summed E-state index contributed by atoms with van der Waals surface area (Å²) in [5.74, 6) is 0.388. The average molecular weight is 273 g/mol. The van der Waals surface area contributed by atoms with Crippen molar-refractivity contribution in [3.63, 3.8) is 0 Å². The molecule has 19 heavy (non-hydrogen) atoms. The van der Waals surface area contributed by atoms with Crippen LogP contribution in [0.2, 0.25) is 0 Å². The quantitative estimate of drug-likeness (QED) is 0.784. The molecule has 0 fully saturated rings. The van der Waals surface area contributed by atoms with E-state index in [1.54, 1.807) is 12.1 Å². The number of alkyl halides is 3. The molecule has 1 atom stereocenters. The van der Waals surface area contributed by atoms with Crippen LogP contribution in [0.4, 0.5) is 13.2 Å². The van der Waals surface area contributed by atoms with Crippen molar-refractivity contribution in [2.45, 2.75) is 51.7 Å². The van der Waals surface area contributed by atoms with E-state index < -0.39 is 18.6 Å². The molecule has 1 nitrogen and oxygen atoms in total. The monoisotopic (exact) mass is 273 g/mol. The van der Waals surface area contributed by atoms with Gasteiger partial charge in [0.05, 0.1) is 6.42 Å². The van der Waals surface area contributed by atoms with Crippen LogP contribution in [0.3, 0.4) is 0 Å². The molecule has 0 amide bonds. The number of nitrogens with one attached hydrogen (secondary N) is 1. The van der Waals surface area contributed by atoms with Crippen molar-refractivity contribution in [1.29, 1.82) is 0 Å². The Hall–Kier alpha value is -1.03. The minimum Gasteiger partial charge on any atom is -0.310 e. The molecule has 0 heterocycles. The van der Waals surface area contributed by atoms with Gasteiger partial charge in [-0.2, -0.15) is 13.2 Å². The van der Waals surface area contributed by atoms with Gasteiger partial charge in [0.15, 0.2) is 0 Å². The largest absolute Gasteiger partial charge is 0.390 e. The van der Waals surface area contributed by atoms with Gasteiger partial charge in [0.25, 0.3) is 0 Å². The first-order valence-electron chi connectivity index (χ1n) is 6.73. The van der Waals surface area contributed by atoms with E-state index in [-0.39, 0.29) is 0 Å². The highest BCUT2D eigenvalue weighted by atomic mass is 19.4. The van der Waals surface area contributed by atoms with Crippen LogP contribution in [-0.4, -0.2) is 12.7 Å². The van der Waals surface area contributed by atoms with E-state index in [2.05, 4.69) is 19.2 Å². The van der Waals surface area contributed by atoms with Crippen molar-refractivity contribution < 1.29 is 13.2 Å². The Bertz CT molecular complexity index is 368. The zero-order valence-electron chi connectivity index (χ0n) is 11.7. The molecule has 0 saturated carbocycles. The predicted octanol–water partition coefficient (Wildman–Crippen LogP) is 4.80. The lowest BCUT2D eigenvalue weighted by Crippen LogP contribution is -2.27. The van der Waals surface area contributed by atoms with Crippen LogP contribution in [0, 0.1) is 0 Å². The SMILES string of the molecule is CCCNC(CC(F)(F)F)c1ccc(C(C)C)cc1. The Morgan fingerprint density at radius 1 is 1.05 bits per heavy atom. The maximum Gasteiger partial charge on any atom is 0.390 e. The molecule has 4 heteroatoms. The third kappa shape index (κ3) is 5.64. The minimum absolute atomic E-state index is 0.388. The lowest BCUT2D eigenvalue weighted by molar-refractivity contribution is -0.140. The summed E-state index contributed by atoms with van der Waals surface area (Å²) in [4.78, 5) is 0. The maximum absolute atomic E-state index is 12.6. The molecule has 0 aromatic heterocycles. The highest BCUT2D eigenvalue weighted by Crippen LogP contribution is 2.30. The highest BCUT2D eigenvalue weighted by molar-refractivity contribution is 5.27. The second kappa shape index (κ2) is 6.94. The highest BCUT2D eigenvalue weighted by Gasteiger charge is 2.32. The molecule has 0 aliphatic heterocycles. The summed E-state index contributed by atoms with van der Waals surface area (Å²) >= 11 is 0. The first kappa shape index (κ1) is 16.0. The van der Waals surface area contributed by atoms with Gasteiger partial charge in [0, 0.05) is 6.04 Å². The summed E-state index contributed by atoms with van der Waals surface area (Å²) in [7, 11) is 0. The first-order chi connectivity index (χ1) is 8.83. The first-order valence-corrected chi connectivity index (χ1v) is 6.73. The molecule has 1 rings (SSSR count). The van der Waals surface area contributed by atoms with E-state index in [4.69, 9.17) is 0 Å². The second-order valence-corrected chi connectivity index (χ2v) is 5.15. The third-order valence-corrected chi connectivity index (χ3v) is 3.08. The number of benzene rings is 1. The molecular weight excluding hydrogens is 251 g/mol. The summed E-state index contributed by atoms with van der Waals surface area (Å²) in [6, 6.07) is 6.78. The van der Waals surface area contributed by atoms with E-state index in [0.717, 1.165) is 12.0 Å². The lowest BCUT2D eigenvalue weighted by atomic mass is 9.97. The van der Waals surface area contributed by atoms with E-state index in [1.165, 1.54) is 0 Å².